The Labute approximate surface area is 130 Å². The summed E-state index contributed by atoms with van der Waals surface area (Å²) in [6, 6.07) is 8.27. The molecule has 0 amide bonds. The second-order valence-corrected chi connectivity index (χ2v) is 6.14. The van der Waals surface area contributed by atoms with E-state index < -0.39 is 12.0 Å². The molecule has 1 unspecified atom stereocenters. The number of thiophene rings is 1. The van der Waals surface area contributed by atoms with Crippen molar-refractivity contribution in [2.75, 3.05) is 11.4 Å². The van der Waals surface area contributed by atoms with Crippen molar-refractivity contribution in [3.8, 4) is 6.07 Å². The average Bonchev–Trinajstić information content (AvgIpc) is 2.93. The molecule has 1 aromatic carbocycles. The lowest BCUT2D eigenvalue weighted by molar-refractivity contribution is -0.138. The first-order chi connectivity index (χ1) is 10.1. The fraction of sp³-hybridized carbons (Fsp3) is 0.200. The molecule has 21 heavy (non-hydrogen) atoms. The van der Waals surface area contributed by atoms with Crippen molar-refractivity contribution in [1.82, 2.24) is 0 Å². The van der Waals surface area contributed by atoms with E-state index in [1.54, 1.807) is 34.4 Å². The number of benzene rings is 1. The van der Waals surface area contributed by atoms with Crippen molar-refractivity contribution >= 4 is 34.6 Å². The van der Waals surface area contributed by atoms with E-state index in [4.69, 9.17) is 11.6 Å². The van der Waals surface area contributed by atoms with Crippen LogP contribution in [-0.2, 0) is 11.2 Å². The molecule has 4 nitrogen and oxygen atoms in total. The fourth-order valence-electron chi connectivity index (χ4n) is 2.70. The van der Waals surface area contributed by atoms with Crippen LogP contribution in [0.4, 0.5) is 5.69 Å². The Balaban J connectivity index is 2.13. The van der Waals surface area contributed by atoms with Crippen LogP contribution in [0.3, 0.4) is 0 Å². The zero-order chi connectivity index (χ0) is 15.0. The van der Waals surface area contributed by atoms with Crippen molar-refractivity contribution in [2.24, 2.45) is 0 Å². The minimum absolute atomic E-state index is 0.323. The number of hydrogen-bond donors (Lipinski definition) is 1. The first kappa shape index (κ1) is 13.9. The highest BCUT2D eigenvalue weighted by molar-refractivity contribution is 7.10. The summed E-state index contributed by atoms with van der Waals surface area (Å²) in [4.78, 5) is 14.6. The van der Waals surface area contributed by atoms with Gasteiger partial charge < -0.3 is 10.0 Å². The summed E-state index contributed by atoms with van der Waals surface area (Å²) in [5.41, 5.74) is 1.71. The molecule has 2 aromatic rings. The minimum atomic E-state index is -0.918. The van der Waals surface area contributed by atoms with Gasteiger partial charge in [-0.1, -0.05) is 17.7 Å². The van der Waals surface area contributed by atoms with Crippen molar-refractivity contribution in [3.63, 3.8) is 0 Å². The monoisotopic (exact) mass is 318 g/mol. The Morgan fingerprint density at radius 2 is 2.29 bits per heavy atom. The lowest BCUT2D eigenvalue weighted by atomic mass is 9.98. The molecule has 3 rings (SSSR count). The molecule has 0 spiro atoms. The summed E-state index contributed by atoms with van der Waals surface area (Å²) in [6.45, 7) is 0.555. The van der Waals surface area contributed by atoms with Gasteiger partial charge in [-0.05, 0) is 35.6 Å². The Kier molecular flexibility index (Phi) is 3.58. The number of fused-ring (bicyclic) bond motifs is 1. The lowest BCUT2D eigenvalue weighted by Gasteiger charge is -2.35. The molecule has 1 aromatic heterocycles. The van der Waals surface area contributed by atoms with E-state index in [2.05, 4.69) is 6.07 Å². The number of carboxylic acid groups (broad SMARTS) is 1. The summed E-state index contributed by atoms with van der Waals surface area (Å²) in [5.74, 6) is -0.918. The van der Waals surface area contributed by atoms with Gasteiger partial charge in [-0.25, -0.2) is 4.79 Å². The zero-order valence-electron chi connectivity index (χ0n) is 10.9. The number of nitriles is 1. The normalized spacial score (nSPS) is 17.1. The maximum atomic E-state index is 11.7. The highest BCUT2D eigenvalue weighted by Crippen LogP contribution is 2.39. The van der Waals surface area contributed by atoms with E-state index in [1.807, 2.05) is 11.4 Å². The first-order valence-corrected chi connectivity index (χ1v) is 7.63. The van der Waals surface area contributed by atoms with Gasteiger partial charge in [0, 0.05) is 11.4 Å². The number of nitrogens with zero attached hydrogens (tertiary/aromatic N) is 2. The van der Waals surface area contributed by atoms with E-state index in [0.717, 1.165) is 16.9 Å². The number of anilines is 1. The van der Waals surface area contributed by atoms with Crippen LogP contribution < -0.4 is 4.90 Å². The zero-order valence-corrected chi connectivity index (χ0v) is 12.5. The van der Waals surface area contributed by atoms with Gasteiger partial charge in [0.05, 0.1) is 16.3 Å². The fourth-order valence-corrected chi connectivity index (χ4v) is 3.82. The van der Waals surface area contributed by atoms with Crippen LogP contribution in [0, 0.1) is 11.3 Å². The second kappa shape index (κ2) is 5.40. The molecule has 1 aliphatic heterocycles. The number of carbonyl (C=O) groups is 1. The number of halogens is 1. The van der Waals surface area contributed by atoms with Gasteiger partial charge in [-0.2, -0.15) is 5.26 Å². The van der Waals surface area contributed by atoms with Gasteiger partial charge in [0.25, 0.3) is 0 Å². The molecule has 0 bridgehead atoms. The smallest absolute Gasteiger partial charge is 0.331 e. The molecule has 0 aliphatic carbocycles. The number of aliphatic carboxylic acids is 1. The lowest BCUT2D eigenvalue weighted by Crippen LogP contribution is -2.39. The standard InChI is InChI=1S/C15H11ClN2O2S/c16-11-2-1-3-12(10(11)8-17)18-6-4-13-9(5-7-21-13)14(18)15(19)20/h1-3,5,7,14H,4,6H2,(H,19,20). The molecular weight excluding hydrogens is 308 g/mol. The van der Waals surface area contributed by atoms with Crippen molar-refractivity contribution in [1.29, 1.82) is 5.26 Å². The number of hydrogen-bond acceptors (Lipinski definition) is 4. The largest absolute Gasteiger partial charge is 0.479 e. The maximum Gasteiger partial charge on any atom is 0.331 e. The van der Waals surface area contributed by atoms with Crippen LogP contribution in [0.2, 0.25) is 5.02 Å². The molecule has 0 saturated heterocycles. The van der Waals surface area contributed by atoms with E-state index in [-0.39, 0.29) is 0 Å². The van der Waals surface area contributed by atoms with Crippen LogP contribution >= 0.6 is 22.9 Å². The highest BCUT2D eigenvalue weighted by atomic mass is 35.5. The van der Waals surface area contributed by atoms with E-state index in [1.165, 1.54) is 0 Å². The van der Waals surface area contributed by atoms with Crippen LogP contribution in [0.5, 0.6) is 0 Å². The van der Waals surface area contributed by atoms with Gasteiger partial charge in [0.2, 0.25) is 0 Å². The predicted molar refractivity (Wildman–Crippen MR) is 81.9 cm³/mol. The van der Waals surface area contributed by atoms with E-state index in [0.29, 0.717) is 22.8 Å². The summed E-state index contributed by atoms with van der Waals surface area (Å²) < 4.78 is 0. The molecule has 0 saturated carbocycles. The Hall–Kier alpha value is -2.03. The summed E-state index contributed by atoms with van der Waals surface area (Å²) in [5, 5.41) is 21.2. The molecule has 1 N–H and O–H groups in total. The third-order valence-corrected chi connectivity index (χ3v) is 4.92. The first-order valence-electron chi connectivity index (χ1n) is 6.38. The minimum Gasteiger partial charge on any atom is -0.479 e. The third-order valence-electron chi connectivity index (χ3n) is 3.61. The second-order valence-electron chi connectivity index (χ2n) is 4.73. The number of rotatable bonds is 2. The molecule has 1 atom stereocenters. The highest BCUT2D eigenvalue weighted by Gasteiger charge is 2.35. The quantitative estimate of drug-likeness (QED) is 0.921. The molecule has 6 heteroatoms. The molecule has 1 aliphatic rings. The van der Waals surface area contributed by atoms with E-state index >= 15 is 0 Å². The molecule has 2 heterocycles. The predicted octanol–water partition coefficient (Wildman–Crippen LogP) is 3.46. The van der Waals surface area contributed by atoms with Crippen molar-refractivity contribution in [3.05, 3.63) is 50.7 Å². The average molecular weight is 319 g/mol. The summed E-state index contributed by atoms with van der Waals surface area (Å²) >= 11 is 7.64. The third kappa shape index (κ3) is 2.27. The van der Waals surface area contributed by atoms with Gasteiger partial charge >= 0.3 is 5.97 Å². The Bertz CT molecular complexity index is 750. The number of carboxylic acids is 1. The molecule has 106 valence electrons. The van der Waals surface area contributed by atoms with Crippen molar-refractivity contribution in [2.45, 2.75) is 12.5 Å². The maximum absolute atomic E-state index is 11.7. The van der Waals surface area contributed by atoms with E-state index in [9.17, 15) is 15.2 Å². The van der Waals surface area contributed by atoms with Gasteiger partial charge in [0.1, 0.15) is 6.07 Å². The van der Waals surface area contributed by atoms with Gasteiger partial charge in [-0.15, -0.1) is 11.3 Å². The van der Waals surface area contributed by atoms with Gasteiger partial charge in [-0.3, -0.25) is 0 Å². The van der Waals surface area contributed by atoms with Gasteiger partial charge in [0.15, 0.2) is 6.04 Å². The SMILES string of the molecule is N#Cc1c(Cl)cccc1N1CCc2sccc2C1C(=O)O. The Morgan fingerprint density at radius 1 is 1.48 bits per heavy atom. The summed E-state index contributed by atoms with van der Waals surface area (Å²) in [6.07, 6.45) is 0.772. The summed E-state index contributed by atoms with van der Waals surface area (Å²) in [7, 11) is 0. The van der Waals surface area contributed by atoms with Crippen LogP contribution in [0.15, 0.2) is 29.6 Å². The molecule has 0 fully saturated rings. The van der Waals surface area contributed by atoms with Crippen LogP contribution in [0.25, 0.3) is 0 Å². The topological polar surface area (TPSA) is 64.3 Å². The van der Waals surface area contributed by atoms with Crippen LogP contribution in [0.1, 0.15) is 22.0 Å². The van der Waals surface area contributed by atoms with Crippen LogP contribution in [-0.4, -0.2) is 17.6 Å². The van der Waals surface area contributed by atoms with Crippen molar-refractivity contribution < 1.29 is 9.90 Å². The molecular formula is C15H11ClN2O2S. The Morgan fingerprint density at radius 3 is 3.00 bits per heavy atom. The molecule has 0 radical (unpaired) electrons.